The van der Waals surface area contributed by atoms with Crippen LogP contribution in [0.3, 0.4) is 0 Å². The molecular formula is C62H94F2N8O13. The van der Waals surface area contributed by atoms with Crippen LogP contribution in [0.2, 0.25) is 0 Å². The Labute approximate surface area is 498 Å². The Morgan fingerprint density at radius 1 is 0.882 bits per heavy atom. The van der Waals surface area contributed by atoms with Gasteiger partial charge >= 0.3 is 12.1 Å². The van der Waals surface area contributed by atoms with Crippen molar-refractivity contribution in [2.45, 2.75) is 217 Å². The van der Waals surface area contributed by atoms with Crippen LogP contribution in [-0.4, -0.2) is 144 Å². The van der Waals surface area contributed by atoms with Crippen molar-refractivity contribution < 1.29 is 71.5 Å². The summed E-state index contributed by atoms with van der Waals surface area (Å²) >= 11 is 0. The van der Waals surface area contributed by atoms with Crippen LogP contribution in [0.4, 0.5) is 24.1 Å². The number of ketones is 1. The van der Waals surface area contributed by atoms with E-state index in [2.05, 4.69) is 38.5 Å². The number of alkyl halides is 2. The van der Waals surface area contributed by atoms with Crippen molar-refractivity contribution in [3.63, 3.8) is 0 Å². The second-order valence-electron chi connectivity index (χ2n) is 24.4. The molecule has 4 fully saturated rings. The molecule has 85 heavy (non-hydrogen) atoms. The zero-order valence-electron chi connectivity index (χ0n) is 50.4. The van der Waals surface area contributed by atoms with Gasteiger partial charge in [-0.3, -0.25) is 24.0 Å². The topological polar surface area (TPSA) is 321 Å². The van der Waals surface area contributed by atoms with Crippen molar-refractivity contribution in [1.29, 1.82) is 0 Å². The number of Topliss-reactive ketones (excluding diaryl/α,β-unsaturated/α-hetero) is 1. The monoisotopic (exact) mass is 1200 g/mol. The van der Waals surface area contributed by atoms with Crippen molar-refractivity contribution >= 4 is 47.2 Å². The second kappa shape index (κ2) is 30.7. The highest BCUT2D eigenvalue weighted by Crippen LogP contribution is 2.72. The van der Waals surface area contributed by atoms with Crippen molar-refractivity contribution in [3.05, 3.63) is 66.3 Å². The number of fused-ring (bicyclic) bond motifs is 7. The second-order valence-corrected chi connectivity index (χ2v) is 24.4. The van der Waals surface area contributed by atoms with Crippen molar-refractivity contribution in [3.8, 4) is 0 Å². The Bertz CT molecular complexity index is 2560. The van der Waals surface area contributed by atoms with Gasteiger partial charge < -0.3 is 72.5 Å². The van der Waals surface area contributed by atoms with Crippen LogP contribution in [-0.2, 0) is 49.5 Å². The van der Waals surface area contributed by atoms with Gasteiger partial charge in [0.15, 0.2) is 23.3 Å². The van der Waals surface area contributed by atoms with Crippen LogP contribution in [0.1, 0.15) is 150 Å². The maximum Gasteiger partial charge on any atom is 0.407 e. The lowest BCUT2D eigenvalue weighted by Crippen LogP contribution is -2.71. The van der Waals surface area contributed by atoms with E-state index in [1.54, 1.807) is 52.0 Å². The third kappa shape index (κ3) is 16.0. The molecule has 0 bridgehead atoms. The van der Waals surface area contributed by atoms with Gasteiger partial charge in [-0.05, 0) is 132 Å². The summed E-state index contributed by atoms with van der Waals surface area (Å²) in [6.45, 7) is 14.1. The maximum atomic E-state index is 17.9. The number of aliphatic hydroxyl groups excluding tert-OH is 2. The number of nitrogens with two attached hydrogens (primary N) is 2. The number of rotatable bonds is 33. The molecule has 1 aromatic rings. The number of anilines is 1. The molecule has 1 aliphatic heterocycles. The average molecular weight is 1200 g/mol. The number of benzene rings is 1. The van der Waals surface area contributed by atoms with Gasteiger partial charge in [0, 0.05) is 35.5 Å². The number of carbonyl (C=O) groups excluding carboxylic acids is 7. The first-order chi connectivity index (χ1) is 40.4. The van der Waals surface area contributed by atoms with E-state index in [1.807, 2.05) is 19.9 Å². The van der Waals surface area contributed by atoms with E-state index < -0.39 is 131 Å². The molecule has 1 aromatic carbocycles. The Morgan fingerprint density at radius 2 is 1.60 bits per heavy atom. The van der Waals surface area contributed by atoms with Crippen LogP contribution in [0.5, 0.6) is 0 Å². The Balaban J connectivity index is 0.989. The molecule has 0 aromatic heterocycles. The number of hydrogen-bond acceptors (Lipinski definition) is 14. The third-order valence-corrected chi connectivity index (χ3v) is 18.2. The van der Waals surface area contributed by atoms with Crippen LogP contribution >= 0.6 is 0 Å². The first kappa shape index (κ1) is 68.3. The lowest BCUT2D eigenvalue weighted by atomic mass is 9.44. The summed E-state index contributed by atoms with van der Waals surface area (Å²) in [6, 6.07) is 2.37. The SMILES string of the molecule is C=CCCCCCC(CC)OCC(=O)NCCCC[C@H](N)C(=O)N[C@H](C(=O)N[C@@H](CCCNC(N)=O)C(=O)Nc1ccc(COC(=O)NCC(=O)[C@@]23OC(CCC)O[C@@H]2CC2[C@@H]4C[C@H](F)C5=CC(O)C=C[C@]5(C)[C@@]4(F)[C@@H](O)C[C@@]23C)cc1)C(C)C. The molecule has 4 aliphatic carbocycles. The molecule has 4 unspecified atom stereocenters. The molecule has 12 N–H and O–H groups in total. The minimum Gasteiger partial charge on any atom is -0.445 e. The van der Waals surface area contributed by atoms with Gasteiger partial charge in [-0.2, -0.15) is 0 Å². The molecule has 5 aliphatic rings. The molecule has 0 spiro atoms. The number of nitrogens with one attached hydrogen (secondary N) is 6. The van der Waals surface area contributed by atoms with Gasteiger partial charge in [-0.25, -0.2) is 18.4 Å². The number of unbranched alkanes of at least 4 members (excludes halogenated alkanes) is 4. The number of halogens is 2. The smallest absolute Gasteiger partial charge is 0.407 e. The van der Waals surface area contributed by atoms with Gasteiger partial charge in [0.25, 0.3) is 0 Å². The molecule has 6 rings (SSSR count). The predicted molar refractivity (Wildman–Crippen MR) is 314 cm³/mol. The minimum absolute atomic E-state index is 0.0165. The van der Waals surface area contributed by atoms with Crippen molar-refractivity contribution in [1.82, 2.24) is 26.6 Å². The summed E-state index contributed by atoms with van der Waals surface area (Å²) in [7, 11) is 0. The Hall–Kier alpha value is -5.85. The predicted octanol–water partition coefficient (Wildman–Crippen LogP) is 6.04. The van der Waals surface area contributed by atoms with E-state index >= 15 is 8.78 Å². The molecule has 0 radical (unpaired) electrons. The molecule has 474 valence electrons. The average Bonchev–Trinajstić information content (AvgIpc) is 1.61. The summed E-state index contributed by atoms with van der Waals surface area (Å²) in [5.74, 6) is -4.71. The number of primary amides is 1. The Kier molecular flexibility index (Phi) is 24.6. The highest BCUT2D eigenvalue weighted by Gasteiger charge is 2.80. The number of amides is 7. The lowest BCUT2D eigenvalue weighted by Gasteiger charge is -2.63. The number of carbonyl (C=O) groups is 7. The zero-order chi connectivity index (χ0) is 62.3. The van der Waals surface area contributed by atoms with E-state index in [4.69, 9.17) is 30.4 Å². The quantitative estimate of drug-likeness (QED) is 0.0284. The summed E-state index contributed by atoms with van der Waals surface area (Å²) in [5, 5.41) is 38.3. The molecule has 7 amide bonds. The van der Waals surface area contributed by atoms with Gasteiger partial charge in [0.2, 0.25) is 23.6 Å². The number of urea groups is 1. The lowest BCUT2D eigenvalue weighted by molar-refractivity contribution is -0.234. The molecule has 23 heteroatoms. The highest BCUT2D eigenvalue weighted by molar-refractivity contribution is 5.99. The zero-order valence-corrected chi connectivity index (χ0v) is 50.4. The van der Waals surface area contributed by atoms with E-state index in [-0.39, 0.29) is 75.9 Å². The third-order valence-electron chi connectivity index (χ3n) is 18.2. The van der Waals surface area contributed by atoms with Crippen LogP contribution in [0.15, 0.2) is 60.7 Å². The van der Waals surface area contributed by atoms with Crippen LogP contribution < -0.4 is 43.4 Å². The van der Waals surface area contributed by atoms with Gasteiger partial charge in [-0.15, -0.1) is 6.58 Å². The number of aliphatic hydroxyl groups is 2. The largest absolute Gasteiger partial charge is 0.445 e. The molecule has 3 saturated carbocycles. The summed E-state index contributed by atoms with van der Waals surface area (Å²) < 4.78 is 58.4. The minimum atomic E-state index is -2.34. The molecule has 1 heterocycles. The summed E-state index contributed by atoms with van der Waals surface area (Å²) in [5.41, 5.74) is 5.54. The number of alkyl carbamates (subject to hydrolysis) is 1. The normalized spacial score (nSPS) is 29.5. The standard InChI is InChI=1S/C62H94F2N8O13/c1-8-11-12-13-14-19-41(10-3)82-36-51(76)67-28-16-15-20-46(65)54(77)72-53(37(4)5)56(79)71-47(21-17-29-68-57(66)80)55(78)70-39-24-22-38(23-25-39)35-83-58(81)69-34-49(75)62-50(84-52(85-62)18-9-2)32-42-43-31-45(63)44-30-40(73)26-27-59(44,6)61(43,64)48(74)33-60(42,62)7/h8,22-27,30,37,40-43,45-48,50,52-53,73-74H,1,9-21,28-29,31-36,65H2,2-7H3,(H,67,76)(H,69,81)(H,70,78)(H,71,79)(H,72,77)(H3,66,68,80)/t40?,41?,42?,43-,45-,46-,47-,48-,50+,52?,53-,59-,60-,61-,62+/m0/s1. The maximum absolute atomic E-state index is 17.9. The number of hydrogen-bond donors (Lipinski definition) is 10. The van der Waals surface area contributed by atoms with Gasteiger partial charge in [0.1, 0.15) is 31.5 Å². The Morgan fingerprint density at radius 3 is 2.28 bits per heavy atom. The van der Waals surface area contributed by atoms with E-state index in [0.717, 1.165) is 38.5 Å². The van der Waals surface area contributed by atoms with E-state index in [1.165, 1.54) is 18.2 Å². The summed E-state index contributed by atoms with van der Waals surface area (Å²) in [6.07, 6.45) is 7.47. The fourth-order valence-electron chi connectivity index (χ4n) is 13.6. The molecule has 21 nitrogen and oxygen atoms in total. The van der Waals surface area contributed by atoms with Crippen LogP contribution in [0.25, 0.3) is 0 Å². The van der Waals surface area contributed by atoms with Crippen molar-refractivity contribution in [2.75, 3.05) is 31.6 Å². The van der Waals surface area contributed by atoms with Gasteiger partial charge in [-0.1, -0.05) is 84.2 Å². The first-order valence-corrected chi connectivity index (χ1v) is 30.5. The first-order valence-electron chi connectivity index (χ1n) is 30.5. The number of ether oxygens (including phenoxy) is 4. The highest BCUT2D eigenvalue weighted by atomic mass is 19.1. The molecular weight excluding hydrogens is 1100 g/mol. The fourth-order valence-corrected chi connectivity index (χ4v) is 13.6. The molecule has 15 atom stereocenters. The number of allylic oxidation sites excluding steroid dienone is 3. The van der Waals surface area contributed by atoms with Crippen molar-refractivity contribution in [2.24, 2.45) is 40.1 Å². The van der Waals surface area contributed by atoms with Crippen LogP contribution in [0, 0.1) is 28.6 Å². The van der Waals surface area contributed by atoms with E-state index in [9.17, 15) is 43.8 Å². The molecule has 1 saturated heterocycles. The fraction of sp³-hybridized carbons (Fsp3) is 0.694. The van der Waals surface area contributed by atoms with Gasteiger partial charge in [0.05, 0.1) is 37.0 Å². The summed E-state index contributed by atoms with van der Waals surface area (Å²) in [4.78, 5) is 92.7. The van der Waals surface area contributed by atoms with E-state index in [0.29, 0.717) is 43.5 Å².